The molecule has 0 bridgehead atoms. The maximum atomic E-state index is 13.3. The molecular weight excluding hydrogens is 454 g/mol. The van der Waals surface area contributed by atoms with Gasteiger partial charge in [0.05, 0.1) is 10.4 Å². The van der Waals surface area contributed by atoms with E-state index in [0.717, 1.165) is 16.7 Å². The molecule has 1 aromatic heterocycles. The summed E-state index contributed by atoms with van der Waals surface area (Å²) in [5.74, 6) is -0.677. The lowest BCUT2D eigenvalue weighted by molar-refractivity contribution is -0.118. The summed E-state index contributed by atoms with van der Waals surface area (Å²) in [5.41, 5.74) is 2.30. The van der Waals surface area contributed by atoms with Gasteiger partial charge in [-0.3, -0.25) is 14.9 Å². The van der Waals surface area contributed by atoms with Crippen molar-refractivity contribution in [2.45, 2.75) is 11.7 Å². The predicted molar refractivity (Wildman–Crippen MR) is 132 cm³/mol. The summed E-state index contributed by atoms with van der Waals surface area (Å²) in [6, 6.07) is 28.5. The van der Waals surface area contributed by atoms with Crippen molar-refractivity contribution in [3.8, 4) is 0 Å². The highest BCUT2D eigenvalue weighted by Crippen LogP contribution is 2.42. The molecule has 3 N–H and O–H groups in total. The molecule has 1 aliphatic rings. The average molecular weight is 474 g/mol. The Labute approximate surface area is 200 Å². The highest BCUT2D eigenvalue weighted by molar-refractivity contribution is 7.12. The van der Waals surface area contributed by atoms with E-state index in [2.05, 4.69) is 16.0 Å². The largest absolute Gasteiger partial charge is 0.328 e. The van der Waals surface area contributed by atoms with Gasteiger partial charge < -0.3 is 10.6 Å². The molecule has 0 radical (unpaired) electrons. The first-order valence-corrected chi connectivity index (χ1v) is 11.7. The second kappa shape index (κ2) is 8.83. The van der Waals surface area contributed by atoms with E-state index >= 15 is 0 Å². The molecule has 0 fully saturated rings. The lowest BCUT2D eigenvalue weighted by atomic mass is 9.76. The van der Waals surface area contributed by atoms with Crippen molar-refractivity contribution in [1.82, 2.24) is 10.6 Å². The van der Waals surface area contributed by atoms with Crippen molar-refractivity contribution in [1.29, 1.82) is 0 Å². The Morgan fingerprint density at radius 1 is 0.909 bits per heavy atom. The summed E-state index contributed by atoms with van der Waals surface area (Å²) in [5, 5.41) is 11.7. The van der Waals surface area contributed by atoms with Gasteiger partial charge in [0.25, 0.3) is 11.8 Å². The maximum Gasteiger partial charge on any atom is 0.262 e. The molecular formula is C26H20ClN3O2S. The van der Waals surface area contributed by atoms with E-state index in [1.807, 2.05) is 84.2 Å². The van der Waals surface area contributed by atoms with Gasteiger partial charge in [0.1, 0.15) is 0 Å². The summed E-state index contributed by atoms with van der Waals surface area (Å²) < 4.78 is 0. The van der Waals surface area contributed by atoms with Crippen molar-refractivity contribution in [3.05, 3.63) is 123 Å². The minimum Gasteiger partial charge on any atom is -0.328 e. The first-order valence-electron chi connectivity index (χ1n) is 10.4. The van der Waals surface area contributed by atoms with Crippen LogP contribution < -0.4 is 16.0 Å². The van der Waals surface area contributed by atoms with E-state index in [0.29, 0.717) is 15.6 Å². The second-order valence-corrected chi connectivity index (χ2v) is 9.07. The summed E-state index contributed by atoms with van der Waals surface area (Å²) >= 11 is 7.74. The number of hydrogen-bond acceptors (Lipinski definition) is 4. The zero-order valence-corrected chi connectivity index (χ0v) is 19.0. The lowest BCUT2D eigenvalue weighted by Gasteiger charge is -2.38. The van der Waals surface area contributed by atoms with Gasteiger partial charge in [0.15, 0.2) is 6.17 Å². The van der Waals surface area contributed by atoms with E-state index < -0.39 is 11.7 Å². The van der Waals surface area contributed by atoms with Crippen LogP contribution >= 0.6 is 22.9 Å². The molecule has 5 nitrogen and oxygen atoms in total. The van der Waals surface area contributed by atoms with Crippen LogP contribution in [0, 0.1) is 0 Å². The number of nitrogens with one attached hydrogen (secondary N) is 3. The van der Waals surface area contributed by atoms with Gasteiger partial charge in [-0.1, -0.05) is 78.3 Å². The van der Waals surface area contributed by atoms with Crippen molar-refractivity contribution >= 4 is 40.4 Å². The molecule has 2 atom stereocenters. The number of hydrogen-bond donors (Lipinski definition) is 3. The van der Waals surface area contributed by atoms with Gasteiger partial charge in [-0.15, -0.1) is 11.3 Å². The van der Waals surface area contributed by atoms with Gasteiger partial charge in [-0.2, -0.15) is 0 Å². The molecule has 0 spiro atoms. The van der Waals surface area contributed by atoms with Crippen molar-refractivity contribution in [2.75, 3.05) is 5.32 Å². The number of carbonyl (C=O) groups excluding carboxylic acids is 2. The zero-order chi connectivity index (χ0) is 22.8. The fourth-order valence-corrected chi connectivity index (χ4v) is 5.07. The van der Waals surface area contributed by atoms with Gasteiger partial charge in [-0.25, -0.2) is 0 Å². The van der Waals surface area contributed by atoms with Crippen LogP contribution in [0.2, 0.25) is 5.02 Å². The average Bonchev–Trinajstić information content (AvgIpc) is 3.34. The van der Waals surface area contributed by atoms with Crippen molar-refractivity contribution < 1.29 is 9.59 Å². The van der Waals surface area contributed by atoms with E-state index in [4.69, 9.17) is 11.6 Å². The molecule has 0 saturated carbocycles. The third-order valence-electron chi connectivity index (χ3n) is 5.70. The summed E-state index contributed by atoms with van der Waals surface area (Å²) in [6.45, 7) is 0. The molecule has 164 valence electrons. The number of amides is 2. The normalized spacial score (nSPS) is 19.8. The topological polar surface area (TPSA) is 70.2 Å². The minimum absolute atomic E-state index is 0.323. The molecule has 1 aliphatic heterocycles. The Hall–Kier alpha value is -3.45. The second-order valence-electron chi connectivity index (χ2n) is 7.69. The van der Waals surface area contributed by atoms with E-state index in [1.54, 1.807) is 12.1 Å². The van der Waals surface area contributed by atoms with E-state index in [1.165, 1.54) is 11.3 Å². The standard InChI is InChI=1S/C26H20ClN3O2S/c27-19-11-6-10-18(16-19)26(17-8-2-1-3-9-17)20-12-4-5-13-21(20)28-25(32)23(30-26)29-24(31)22-14-7-15-33-22/h1-16,23,30H,(H,28,32)(H,29,31). The molecule has 5 rings (SSSR count). The third kappa shape index (κ3) is 3.93. The maximum absolute atomic E-state index is 13.3. The number of fused-ring (bicyclic) bond motifs is 1. The first-order chi connectivity index (χ1) is 16.1. The SMILES string of the molecule is O=C(NC1NC(c2ccccc2)(c2cccc(Cl)c2)c2ccccc2NC1=O)c1cccs1. The molecule has 0 aliphatic carbocycles. The Morgan fingerprint density at radius 3 is 2.42 bits per heavy atom. The predicted octanol–water partition coefficient (Wildman–Crippen LogP) is 4.99. The number of carbonyl (C=O) groups is 2. The van der Waals surface area contributed by atoms with Crippen LogP contribution in [0.15, 0.2) is 96.4 Å². The number of thiophene rings is 1. The van der Waals surface area contributed by atoms with Crippen LogP contribution in [0.5, 0.6) is 0 Å². The van der Waals surface area contributed by atoms with Crippen molar-refractivity contribution in [2.24, 2.45) is 0 Å². The number of benzene rings is 3. The Balaban J connectivity index is 1.72. The third-order valence-corrected chi connectivity index (χ3v) is 6.80. The van der Waals surface area contributed by atoms with Crippen LogP contribution in [-0.4, -0.2) is 18.0 Å². The Bertz CT molecular complexity index is 1310. The number of para-hydroxylation sites is 1. The first kappa shape index (κ1) is 21.4. The molecule has 4 aromatic rings. The monoisotopic (exact) mass is 473 g/mol. The zero-order valence-electron chi connectivity index (χ0n) is 17.4. The fourth-order valence-electron chi connectivity index (χ4n) is 4.25. The van der Waals surface area contributed by atoms with E-state index in [-0.39, 0.29) is 11.8 Å². The van der Waals surface area contributed by atoms with Crippen LogP contribution in [0.4, 0.5) is 5.69 Å². The smallest absolute Gasteiger partial charge is 0.262 e. The Morgan fingerprint density at radius 2 is 1.67 bits per heavy atom. The summed E-state index contributed by atoms with van der Waals surface area (Å²) in [6.07, 6.45) is -1.01. The number of anilines is 1. The molecule has 0 saturated heterocycles. The Kier molecular flexibility index (Phi) is 5.72. The number of rotatable bonds is 4. The number of halogens is 1. The van der Waals surface area contributed by atoms with Gasteiger partial charge >= 0.3 is 0 Å². The molecule has 33 heavy (non-hydrogen) atoms. The molecule has 2 unspecified atom stereocenters. The molecule has 3 aromatic carbocycles. The highest BCUT2D eigenvalue weighted by atomic mass is 35.5. The van der Waals surface area contributed by atoms with Gasteiger partial charge in [0, 0.05) is 16.3 Å². The van der Waals surface area contributed by atoms with Crippen LogP contribution in [-0.2, 0) is 10.3 Å². The van der Waals surface area contributed by atoms with E-state index in [9.17, 15) is 9.59 Å². The molecule has 2 amide bonds. The summed E-state index contributed by atoms with van der Waals surface area (Å²) in [7, 11) is 0. The van der Waals surface area contributed by atoms with Crippen LogP contribution in [0.25, 0.3) is 0 Å². The lowest BCUT2D eigenvalue weighted by Crippen LogP contribution is -2.59. The van der Waals surface area contributed by atoms with Crippen LogP contribution in [0.1, 0.15) is 26.4 Å². The fraction of sp³-hybridized carbons (Fsp3) is 0.0769. The van der Waals surface area contributed by atoms with Crippen LogP contribution in [0.3, 0.4) is 0 Å². The van der Waals surface area contributed by atoms with Crippen molar-refractivity contribution in [3.63, 3.8) is 0 Å². The quantitative estimate of drug-likeness (QED) is 0.391. The molecule has 2 heterocycles. The minimum atomic E-state index is -1.01. The van der Waals surface area contributed by atoms with Gasteiger partial charge in [-0.05, 0) is 40.8 Å². The van der Waals surface area contributed by atoms with Gasteiger partial charge in [0.2, 0.25) is 0 Å². The highest BCUT2D eigenvalue weighted by Gasteiger charge is 2.44. The molecule has 7 heteroatoms. The summed E-state index contributed by atoms with van der Waals surface area (Å²) in [4.78, 5) is 26.7.